The maximum absolute atomic E-state index is 13.3. The van der Waals surface area contributed by atoms with E-state index in [4.69, 9.17) is 14.7 Å². The van der Waals surface area contributed by atoms with Gasteiger partial charge in [0, 0.05) is 23.7 Å². The highest BCUT2D eigenvalue weighted by Crippen LogP contribution is 2.37. The lowest BCUT2D eigenvalue weighted by Gasteiger charge is -2.36. The van der Waals surface area contributed by atoms with Crippen molar-refractivity contribution < 1.29 is 14.3 Å². The molecule has 3 heterocycles. The number of methoxy groups -OCH3 is 1. The second-order valence-corrected chi connectivity index (χ2v) is 9.50. The van der Waals surface area contributed by atoms with Crippen molar-refractivity contribution in [2.24, 2.45) is 5.92 Å². The minimum Gasteiger partial charge on any atom is -0.497 e. The molecule has 33 heavy (non-hydrogen) atoms. The molecular formula is C26H32N4O3. The summed E-state index contributed by atoms with van der Waals surface area (Å²) >= 11 is 0. The van der Waals surface area contributed by atoms with Gasteiger partial charge in [-0.15, -0.1) is 0 Å². The summed E-state index contributed by atoms with van der Waals surface area (Å²) in [6, 6.07) is 7.66. The number of hydrogen-bond acceptors (Lipinski definition) is 5. The van der Waals surface area contributed by atoms with Crippen molar-refractivity contribution in [3.05, 3.63) is 46.9 Å². The van der Waals surface area contributed by atoms with Gasteiger partial charge in [0.1, 0.15) is 11.6 Å². The third-order valence-corrected chi connectivity index (χ3v) is 7.36. The number of ether oxygens (including phenoxy) is 1. The molecule has 2 aromatic rings. The Labute approximate surface area is 195 Å². The smallest absolute Gasteiger partial charge is 0.233 e. The molecule has 1 aliphatic carbocycles. The first kappa shape index (κ1) is 21.9. The van der Waals surface area contributed by atoms with Crippen molar-refractivity contribution in [3.63, 3.8) is 0 Å². The maximum atomic E-state index is 13.3. The first-order valence-corrected chi connectivity index (χ1v) is 12.2. The van der Waals surface area contributed by atoms with Gasteiger partial charge in [-0.05, 0) is 56.7 Å². The lowest BCUT2D eigenvalue weighted by atomic mass is 9.97. The Morgan fingerprint density at radius 1 is 1.12 bits per heavy atom. The molecule has 1 aromatic heterocycles. The number of nitrogens with zero attached hydrogens (tertiary/aromatic N) is 4. The third-order valence-electron chi connectivity index (χ3n) is 7.36. The van der Waals surface area contributed by atoms with E-state index in [-0.39, 0.29) is 23.8 Å². The van der Waals surface area contributed by atoms with Gasteiger partial charge in [0.15, 0.2) is 5.82 Å². The Bertz CT molecular complexity index is 1060. The molecule has 0 spiro atoms. The molecule has 1 saturated carbocycles. The van der Waals surface area contributed by atoms with Crippen LogP contribution >= 0.6 is 0 Å². The largest absolute Gasteiger partial charge is 0.497 e. The topological polar surface area (TPSA) is 75.6 Å². The number of benzene rings is 1. The van der Waals surface area contributed by atoms with Crippen molar-refractivity contribution in [1.29, 1.82) is 0 Å². The van der Waals surface area contributed by atoms with Crippen LogP contribution in [0.1, 0.15) is 73.6 Å². The molecular weight excluding hydrogens is 416 g/mol. The van der Waals surface area contributed by atoms with Crippen molar-refractivity contribution in [3.8, 4) is 5.75 Å². The van der Waals surface area contributed by atoms with Gasteiger partial charge in [-0.1, -0.05) is 25.0 Å². The van der Waals surface area contributed by atoms with Crippen molar-refractivity contribution in [2.45, 2.75) is 70.9 Å². The molecule has 1 atom stereocenters. The number of aryl methyl sites for hydroxylation is 1. The molecule has 0 bridgehead atoms. The van der Waals surface area contributed by atoms with Gasteiger partial charge >= 0.3 is 0 Å². The lowest BCUT2D eigenvalue weighted by Crippen LogP contribution is -2.42. The van der Waals surface area contributed by atoms with E-state index in [1.54, 1.807) is 12.0 Å². The third kappa shape index (κ3) is 4.21. The predicted molar refractivity (Wildman–Crippen MR) is 125 cm³/mol. The van der Waals surface area contributed by atoms with Crippen LogP contribution in [0.4, 0.5) is 5.82 Å². The Morgan fingerprint density at radius 2 is 1.91 bits per heavy atom. The van der Waals surface area contributed by atoms with E-state index >= 15 is 0 Å². The normalized spacial score (nSPS) is 20.9. The van der Waals surface area contributed by atoms with E-state index in [0.29, 0.717) is 24.6 Å². The van der Waals surface area contributed by atoms with Gasteiger partial charge in [0.2, 0.25) is 11.8 Å². The highest BCUT2D eigenvalue weighted by molar-refractivity contribution is 6.00. The van der Waals surface area contributed by atoms with E-state index in [9.17, 15) is 9.59 Å². The fourth-order valence-electron chi connectivity index (χ4n) is 5.53. The molecule has 5 rings (SSSR count). The van der Waals surface area contributed by atoms with Gasteiger partial charge in [0.05, 0.1) is 26.1 Å². The first-order chi connectivity index (χ1) is 16.0. The van der Waals surface area contributed by atoms with Crippen LogP contribution < -0.4 is 9.64 Å². The number of aromatic nitrogens is 2. The van der Waals surface area contributed by atoms with Gasteiger partial charge in [-0.2, -0.15) is 0 Å². The molecule has 1 saturated heterocycles. The number of piperidine rings is 1. The zero-order valence-electron chi connectivity index (χ0n) is 19.5. The lowest BCUT2D eigenvalue weighted by molar-refractivity contribution is -0.139. The quantitative estimate of drug-likeness (QED) is 0.688. The summed E-state index contributed by atoms with van der Waals surface area (Å²) in [7, 11) is 1.64. The number of hydrogen-bond donors (Lipinski definition) is 0. The molecule has 2 aliphatic heterocycles. The maximum Gasteiger partial charge on any atom is 0.233 e. The van der Waals surface area contributed by atoms with Crippen molar-refractivity contribution in [1.82, 2.24) is 14.9 Å². The summed E-state index contributed by atoms with van der Waals surface area (Å²) in [6.45, 7) is 3.17. The highest BCUT2D eigenvalue weighted by atomic mass is 16.5. The van der Waals surface area contributed by atoms with Crippen LogP contribution in [0.5, 0.6) is 5.75 Å². The number of rotatable bonds is 5. The average molecular weight is 449 g/mol. The van der Waals surface area contributed by atoms with Crippen LogP contribution in [0.25, 0.3) is 0 Å². The van der Waals surface area contributed by atoms with Crippen LogP contribution in [0, 0.1) is 12.8 Å². The highest BCUT2D eigenvalue weighted by Gasteiger charge is 2.37. The Kier molecular flexibility index (Phi) is 6.04. The molecule has 0 N–H and O–H groups in total. The molecule has 3 aliphatic rings. The van der Waals surface area contributed by atoms with E-state index in [1.165, 1.54) is 0 Å². The van der Waals surface area contributed by atoms with Crippen LogP contribution in [0.2, 0.25) is 0 Å². The molecule has 7 heteroatoms. The number of amides is 2. The number of carbonyl (C=O) groups excluding carboxylic acids is 2. The van der Waals surface area contributed by atoms with E-state index in [2.05, 4.69) is 0 Å². The van der Waals surface area contributed by atoms with Gasteiger partial charge in [-0.25, -0.2) is 9.97 Å². The Morgan fingerprint density at radius 3 is 2.70 bits per heavy atom. The number of likely N-dealkylation sites (tertiary alicyclic amines) is 1. The summed E-state index contributed by atoms with van der Waals surface area (Å²) < 4.78 is 5.34. The zero-order chi connectivity index (χ0) is 22.9. The minimum atomic E-state index is -0.106. The molecule has 2 fully saturated rings. The molecule has 0 unspecified atom stereocenters. The molecule has 2 amide bonds. The first-order valence-electron chi connectivity index (χ1n) is 12.2. The van der Waals surface area contributed by atoms with Crippen LogP contribution in [0.15, 0.2) is 24.3 Å². The van der Waals surface area contributed by atoms with Gasteiger partial charge in [-0.3, -0.25) is 14.5 Å². The van der Waals surface area contributed by atoms with Crippen LogP contribution in [-0.2, 0) is 22.6 Å². The molecule has 1 aromatic carbocycles. The molecule has 0 radical (unpaired) electrons. The summed E-state index contributed by atoms with van der Waals surface area (Å²) in [6.07, 6.45) is 7.56. The Balaban J connectivity index is 1.46. The molecule has 7 nitrogen and oxygen atoms in total. The fraction of sp³-hybridized carbons (Fsp3) is 0.538. The van der Waals surface area contributed by atoms with Gasteiger partial charge < -0.3 is 9.64 Å². The summed E-state index contributed by atoms with van der Waals surface area (Å²) in [5, 5.41) is 0. The zero-order valence-corrected chi connectivity index (χ0v) is 19.5. The second-order valence-electron chi connectivity index (χ2n) is 9.50. The number of carbonyl (C=O) groups is 2. The van der Waals surface area contributed by atoms with Crippen molar-refractivity contribution >= 4 is 17.6 Å². The van der Waals surface area contributed by atoms with E-state index in [1.807, 2.05) is 36.1 Å². The van der Waals surface area contributed by atoms with E-state index in [0.717, 1.165) is 74.1 Å². The van der Waals surface area contributed by atoms with Crippen LogP contribution in [0.3, 0.4) is 0 Å². The second kappa shape index (κ2) is 9.12. The van der Waals surface area contributed by atoms with E-state index < -0.39 is 0 Å². The van der Waals surface area contributed by atoms with Crippen molar-refractivity contribution in [2.75, 3.05) is 18.6 Å². The summed E-state index contributed by atoms with van der Waals surface area (Å²) in [5.74, 6) is 2.59. The standard InChI is InChI=1S/C26H32N4O3/c1-17-21-15-23(31)30(16-18-8-7-11-20(14-18)33-2)25(21)28-24(27-17)22-12-5-6-13-29(22)26(32)19-9-3-4-10-19/h7-8,11,14,19,22H,3-6,9-10,12-13,15-16H2,1-2H3/t22-/m1/s1. The monoisotopic (exact) mass is 448 g/mol. The summed E-state index contributed by atoms with van der Waals surface area (Å²) in [4.78, 5) is 39.8. The molecule has 174 valence electrons. The predicted octanol–water partition coefficient (Wildman–Crippen LogP) is 4.13. The fourth-order valence-corrected chi connectivity index (χ4v) is 5.53. The number of anilines is 1. The summed E-state index contributed by atoms with van der Waals surface area (Å²) in [5.41, 5.74) is 2.73. The SMILES string of the molecule is COc1cccc(CN2C(=O)Cc3c(C)nc([C@H]4CCCCN4C(=O)C4CCCC4)nc32)c1. The number of fused-ring (bicyclic) bond motifs is 1. The minimum absolute atomic E-state index is 0.0323. The van der Waals surface area contributed by atoms with Gasteiger partial charge in [0.25, 0.3) is 0 Å². The average Bonchev–Trinajstić information content (AvgIpc) is 3.48. The van der Waals surface area contributed by atoms with Crippen LogP contribution in [-0.4, -0.2) is 40.3 Å². The Hall–Kier alpha value is -2.96.